The topological polar surface area (TPSA) is 64.3 Å². The number of benzene rings is 1. The van der Waals surface area contributed by atoms with E-state index in [1.165, 1.54) is 19.2 Å². The van der Waals surface area contributed by atoms with Crippen molar-refractivity contribution in [1.82, 2.24) is 5.32 Å². The van der Waals surface area contributed by atoms with E-state index in [0.29, 0.717) is 5.69 Å². The number of nitrogens with two attached hydrogens (primary N) is 1. The number of rotatable bonds is 3. The third-order valence-electron chi connectivity index (χ3n) is 1.61. The summed E-state index contributed by atoms with van der Waals surface area (Å²) in [5, 5.41) is 2.37. The minimum atomic E-state index is -0.453. The van der Waals surface area contributed by atoms with E-state index >= 15 is 0 Å². The molecule has 76 valence electrons. The molecule has 0 saturated carbocycles. The molecule has 0 radical (unpaired) electrons. The van der Waals surface area contributed by atoms with Crippen molar-refractivity contribution >= 4 is 11.6 Å². The van der Waals surface area contributed by atoms with Crippen molar-refractivity contribution in [2.24, 2.45) is 0 Å². The van der Waals surface area contributed by atoms with Crippen molar-refractivity contribution in [3.05, 3.63) is 24.0 Å². The van der Waals surface area contributed by atoms with Gasteiger partial charge in [-0.05, 0) is 12.1 Å². The number of nitrogens with one attached hydrogen (secondary N) is 1. The zero-order valence-corrected chi connectivity index (χ0v) is 7.71. The summed E-state index contributed by atoms with van der Waals surface area (Å²) in [4.78, 5) is 10.8. The number of carbonyl (C=O) groups is 1. The molecule has 1 aromatic rings. The molecule has 5 heteroatoms. The summed E-state index contributed by atoms with van der Waals surface area (Å²) in [6.45, 7) is -0.176. The van der Waals surface area contributed by atoms with E-state index < -0.39 is 5.82 Å². The van der Waals surface area contributed by atoms with E-state index in [9.17, 15) is 9.18 Å². The molecule has 14 heavy (non-hydrogen) atoms. The van der Waals surface area contributed by atoms with Crippen LogP contribution in [0, 0.1) is 5.82 Å². The van der Waals surface area contributed by atoms with Gasteiger partial charge in [0.1, 0.15) is 11.6 Å². The lowest BCUT2D eigenvalue weighted by atomic mass is 10.3. The van der Waals surface area contributed by atoms with Gasteiger partial charge in [0.2, 0.25) is 0 Å². The van der Waals surface area contributed by atoms with Crippen molar-refractivity contribution < 1.29 is 13.9 Å². The highest BCUT2D eigenvalue weighted by Crippen LogP contribution is 2.21. The number of hydrogen-bond acceptors (Lipinski definition) is 3. The Morgan fingerprint density at radius 1 is 1.64 bits per heavy atom. The molecule has 0 atom stereocenters. The largest absolute Gasteiger partial charge is 0.482 e. The van der Waals surface area contributed by atoms with Crippen LogP contribution in [0.15, 0.2) is 18.2 Å². The number of ether oxygens (including phenoxy) is 1. The maximum absolute atomic E-state index is 12.7. The predicted molar refractivity (Wildman–Crippen MR) is 50.4 cm³/mol. The van der Waals surface area contributed by atoms with Gasteiger partial charge in [0.25, 0.3) is 5.91 Å². The smallest absolute Gasteiger partial charge is 0.257 e. The normalized spacial score (nSPS) is 9.57. The van der Waals surface area contributed by atoms with Crippen molar-refractivity contribution in [2.45, 2.75) is 0 Å². The fourth-order valence-corrected chi connectivity index (χ4v) is 0.849. The summed E-state index contributed by atoms with van der Waals surface area (Å²) in [5.74, 6) is -0.576. The molecule has 0 spiro atoms. The SMILES string of the molecule is CNC(=O)COc1cc(F)ccc1N. The van der Waals surface area contributed by atoms with Crippen LogP contribution in [0.5, 0.6) is 5.75 Å². The monoisotopic (exact) mass is 198 g/mol. The molecule has 0 aliphatic heterocycles. The van der Waals surface area contributed by atoms with Crippen molar-refractivity contribution in [3.8, 4) is 5.75 Å². The van der Waals surface area contributed by atoms with Crippen molar-refractivity contribution in [2.75, 3.05) is 19.4 Å². The number of anilines is 1. The first-order chi connectivity index (χ1) is 6.63. The number of likely N-dealkylation sites (N-methyl/N-ethyl adjacent to an activating group) is 1. The van der Waals surface area contributed by atoms with Gasteiger partial charge < -0.3 is 15.8 Å². The summed E-state index contributed by atoms with van der Waals surface area (Å²) in [7, 11) is 1.49. The van der Waals surface area contributed by atoms with Crippen LogP contribution < -0.4 is 15.8 Å². The fourth-order valence-electron chi connectivity index (χ4n) is 0.849. The van der Waals surface area contributed by atoms with Gasteiger partial charge in [0.15, 0.2) is 6.61 Å². The van der Waals surface area contributed by atoms with Gasteiger partial charge in [0.05, 0.1) is 5.69 Å². The lowest BCUT2D eigenvalue weighted by Crippen LogP contribution is -2.25. The van der Waals surface area contributed by atoms with Gasteiger partial charge in [-0.3, -0.25) is 4.79 Å². The van der Waals surface area contributed by atoms with Gasteiger partial charge >= 0.3 is 0 Å². The highest BCUT2D eigenvalue weighted by Gasteiger charge is 2.04. The summed E-state index contributed by atoms with van der Waals surface area (Å²) >= 11 is 0. The van der Waals surface area contributed by atoms with E-state index in [1.54, 1.807) is 0 Å². The van der Waals surface area contributed by atoms with Crippen LogP contribution in [0.1, 0.15) is 0 Å². The third-order valence-corrected chi connectivity index (χ3v) is 1.61. The van der Waals surface area contributed by atoms with Crippen LogP contribution >= 0.6 is 0 Å². The van der Waals surface area contributed by atoms with Crippen molar-refractivity contribution in [1.29, 1.82) is 0 Å². The Morgan fingerprint density at radius 3 is 3.00 bits per heavy atom. The minimum absolute atomic E-state index is 0.175. The van der Waals surface area contributed by atoms with Gasteiger partial charge in [-0.1, -0.05) is 0 Å². The summed E-state index contributed by atoms with van der Waals surface area (Å²) in [5.41, 5.74) is 5.79. The average Bonchev–Trinajstić information content (AvgIpc) is 2.19. The molecule has 0 aliphatic carbocycles. The molecular formula is C9H11FN2O2. The van der Waals surface area contributed by atoms with Crippen LogP contribution in [0.3, 0.4) is 0 Å². The van der Waals surface area contributed by atoms with Gasteiger partial charge in [-0.25, -0.2) is 4.39 Å². The molecule has 0 fully saturated rings. The van der Waals surface area contributed by atoms with Gasteiger partial charge in [0, 0.05) is 13.1 Å². The number of hydrogen-bond donors (Lipinski definition) is 2. The minimum Gasteiger partial charge on any atom is -0.482 e. The molecule has 1 aromatic carbocycles. The number of nitrogen functional groups attached to an aromatic ring is 1. The third kappa shape index (κ3) is 2.62. The van der Waals surface area contributed by atoms with Crippen LogP contribution in [0.4, 0.5) is 10.1 Å². The number of amides is 1. The molecule has 4 nitrogen and oxygen atoms in total. The summed E-state index contributed by atoms with van der Waals surface area (Å²) < 4.78 is 17.7. The van der Waals surface area contributed by atoms with Crippen LogP contribution in [-0.2, 0) is 4.79 Å². The Balaban J connectivity index is 2.66. The van der Waals surface area contributed by atoms with E-state index in [1.807, 2.05) is 0 Å². The lowest BCUT2D eigenvalue weighted by Gasteiger charge is -2.07. The molecule has 3 N–H and O–H groups in total. The molecule has 1 rings (SSSR count). The van der Waals surface area contributed by atoms with Crippen LogP contribution in [0.2, 0.25) is 0 Å². The first kappa shape index (κ1) is 10.3. The second-order valence-electron chi connectivity index (χ2n) is 2.64. The van der Waals surface area contributed by atoms with E-state index in [2.05, 4.69) is 5.32 Å². The van der Waals surface area contributed by atoms with E-state index in [0.717, 1.165) is 6.07 Å². The highest BCUT2D eigenvalue weighted by atomic mass is 19.1. The Bertz CT molecular complexity index is 342. The predicted octanol–water partition coefficient (Wildman–Crippen LogP) is 0.533. The van der Waals surface area contributed by atoms with Gasteiger partial charge in [-0.15, -0.1) is 0 Å². The van der Waals surface area contributed by atoms with Gasteiger partial charge in [-0.2, -0.15) is 0 Å². The van der Waals surface area contributed by atoms with Crippen molar-refractivity contribution in [3.63, 3.8) is 0 Å². The first-order valence-electron chi connectivity index (χ1n) is 4.02. The number of carbonyl (C=O) groups excluding carboxylic acids is 1. The molecule has 0 bridgehead atoms. The highest BCUT2D eigenvalue weighted by molar-refractivity contribution is 5.77. The zero-order chi connectivity index (χ0) is 10.6. The quantitative estimate of drug-likeness (QED) is 0.696. The second-order valence-corrected chi connectivity index (χ2v) is 2.64. The maximum atomic E-state index is 12.7. The first-order valence-corrected chi connectivity index (χ1v) is 4.02. The molecule has 0 aliphatic rings. The van der Waals surface area contributed by atoms with E-state index in [-0.39, 0.29) is 18.3 Å². The second kappa shape index (κ2) is 4.45. The number of halogens is 1. The molecule has 1 amide bonds. The van der Waals surface area contributed by atoms with Crippen LogP contribution in [0.25, 0.3) is 0 Å². The maximum Gasteiger partial charge on any atom is 0.257 e. The molecule has 0 unspecified atom stereocenters. The Hall–Kier alpha value is -1.78. The lowest BCUT2D eigenvalue weighted by molar-refractivity contribution is -0.122. The molecule has 0 aromatic heterocycles. The van der Waals surface area contributed by atoms with E-state index in [4.69, 9.17) is 10.5 Å². The standard InChI is InChI=1S/C9H11FN2O2/c1-12-9(13)5-14-8-4-6(10)2-3-7(8)11/h2-4H,5,11H2,1H3,(H,12,13). The molecular weight excluding hydrogens is 187 g/mol. The summed E-state index contributed by atoms with van der Waals surface area (Å²) in [6.07, 6.45) is 0. The molecule has 0 saturated heterocycles. The Kier molecular flexibility index (Phi) is 3.28. The zero-order valence-electron chi connectivity index (χ0n) is 7.71. The molecule has 0 heterocycles. The average molecular weight is 198 g/mol. The Labute approximate surface area is 80.9 Å². The fraction of sp³-hybridized carbons (Fsp3) is 0.222. The van der Waals surface area contributed by atoms with Crippen LogP contribution in [-0.4, -0.2) is 19.6 Å². The Morgan fingerprint density at radius 2 is 2.36 bits per heavy atom. The summed E-state index contributed by atoms with van der Waals surface area (Å²) in [6, 6.07) is 3.74.